The van der Waals surface area contributed by atoms with Crippen LogP contribution in [0.1, 0.15) is 30.5 Å². The molecule has 7 heteroatoms. The Balaban J connectivity index is 1.40. The predicted molar refractivity (Wildman–Crippen MR) is 131 cm³/mol. The van der Waals surface area contributed by atoms with E-state index in [1.54, 1.807) is 6.08 Å². The average molecular weight is 451 g/mol. The lowest BCUT2D eigenvalue weighted by molar-refractivity contribution is -0.112. The van der Waals surface area contributed by atoms with Crippen LogP contribution in [0.25, 0.3) is 0 Å². The summed E-state index contributed by atoms with van der Waals surface area (Å²) in [6.07, 6.45) is 1.78. The van der Waals surface area contributed by atoms with Crippen molar-refractivity contribution < 1.29 is 4.79 Å². The molecule has 1 N–H and O–H groups in total. The fourth-order valence-corrected chi connectivity index (χ4v) is 5.44. The normalized spacial score (nSPS) is 15.9. The molecule has 3 aromatic rings. The van der Waals surface area contributed by atoms with Crippen molar-refractivity contribution in [2.75, 3.05) is 23.0 Å². The van der Waals surface area contributed by atoms with E-state index in [-0.39, 0.29) is 11.2 Å². The number of aryl methyl sites for hydroxylation is 2. The molecule has 1 aromatic heterocycles. The molecule has 0 radical (unpaired) electrons. The summed E-state index contributed by atoms with van der Waals surface area (Å²) in [5, 5.41) is 12.4. The van der Waals surface area contributed by atoms with Crippen LogP contribution in [0.2, 0.25) is 0 Å². The van der Waals surface area contributed by atoms with Gasteiger partial charge in [0.05, 0.1) is 5.75 Å². The molecule has 5 nitrogen and oxygen atoms in total. The van der Waals surface area contributed by atoms with Crippen LogP contribution in [-0.2, 0) is 10.2 Å². The van der Waals surface area contributed by atoms with Gasteiger partial charge in [0.2, 0.25) is 5.13 Å². The first-order valence-electron chi connectivity index (χ1n) is 10.1. The number of carbonyl (C=O) groups is 1. The summed E-state index contributed by atoms with van der Waals surface area (Å²) < 4.78 is 0.778. The minimum absolute atomic E-state index is 0.0756. The van der Waals surface area contributed by atoms with Gasteiger partial charge in [0, 0.05) is 35.6 Å². The first kappa shape index (κ1) is 21.6. The van der Waals surface area contributed by atoms with Crippen LogP contribution in [0.5, 0.6) is 0 Å². The summed E-state index contributed by atoms with van der Waals surface area (Å²) in [7, 11) is 2.02. The highest BCUT2D eigenvalue weighted by atomic mass is 32.2. The van der Waals surface area contributed by atoms with E-state index >= 15 is 0 Å². The summed E-state index contributed by atoms with van der Waals surface area (Å²) in [5.74, 6) is 0.411. The molecule has 4 rings (SSSR count). The Labute approximate surface area is 191 Å². The zero-order valence-electron chi connectivity index (χ0n) is 18.4. The number of benzene rings is 2. The maximum atomic E-state index is 12.7. The molecule has 160 valence electrons. The van der Waals surface area contributed by atoms with Crippen LogP contribution in [0, 0.1) is 13.8 Å². The minimum atomic E-state index is -0.197. The first-order chi connectivity index (χ1) is 14.8. The number of para-hydroxylation sites is 1. The van der Waals surface area contributed by atoms with Gasteiger partial charge in [-0.1, -0.05) is 61.2 Å². The van der Waals surface area contributed by atoms with Crippen LogP contribution in [-0.4, -0.2) is 28.8 Å². The van der Waals surface area contributed by atoms with E-state index in [0.717, 1.165) is 26.5 Å². The van der Waals surface area contributed by atoms with Crippen LogP contribution < -0.4 is 10.2 Å². The Hall–Kier alpha value is -2.64. The molecule has 0 aliphatic carbocycles. The van der Waals surface area contributed by atoms with Gasteiger partial charge < -0.3 is 10.2 Å². The zero-order valence-corrected chi connectivity index (χ0v) is 20.0. The second-order valence-electron chi connectivity index (χ2n) is 8.28. The molecule has 1 aliphatic rings. The van der Waals surface area contributed by atoms with Gasteiger partial charge in [-0.2, -0.15) is 0 Å². The largest absolute Gasteiger partial charge is 0.347 e. The lowest BCUT2D eigenvalue weighted by Crippen LogP contribution is -2.24. The molecule has 0 unspecified atom stereocenters. The quantitative estimate of drug-likeness (QED) is 0.374. The lowest BCUT2D eigenvalue weighted by atomic mass is 9.83. The van der Waals surface area contributed by atoms with Crippen molar-refractivity contribution in [1.29, 1.82) is 0 Å². The third-order valence-electron chi connectivity index (χ3n) is 5.74. The summed E-state index contributed by atoms with van der Waals surface area (Å²) in [5.41, 5.74) is 6.70. The van der Waals surface area contributed by atoms with E-state index in [1.807, 2.05) is 25.2 Å². The number of nitrogens with zero attached hydrogens (tertiary/aromatic N) is 3. The van der Waals surface area contributed by atoms with Crippen LogP contribution in [0.4, 0.5) is 16.5 Å². The van der Waals surface area contributed by atoms with E-state index in [1.165, 1.54) is 39.8 Å². The predicted octanol–water partition coefficient (Wildman–Crippen LogP) is 5.87. The standard InChI is InChI=1S/C24H26N4OS2/c1-15-10-11-17(12-16(15)2)25-22-26-27-23(31-22)30-14-18(29)13-21-24(3,4)19-8-6-7-9-20(19)28(21)5/h6-13H,14H2,1-5H3,(H,25,26). The highest BCUT2D eigenvalue weighted by Crippen LogP contribution is 2.46. The minimum Gasteiger partial charge on any atom is -0.347 e. The third-order valence-corrected chi connectivity index (χ3v) is 7.74. The average Bonchev–Trinajstić information content (AvgIpc) is 3.26. The fraction of sp³-hybridized carbons (Fsp3) is 0.292. The molecular weight excluding hydrogens is 424 g/mol. The number of likely N-dealkylation sites (N-methyl/N-ethyl adjacent to an activating group) is 1. The molecule has 0 bridgehead atoms. The number of fused-ring (bicyclic) bond motifs is 1. The molecule has 0 spiro atoms. The van der Waals surface area contributed by atoms with Gasteiger partial charge in [-0.25, -0.2) is 0 Å². The van der Waals surface area contributed by atoms with Crippen molar-refractivity contribution >= 4 is 45.4 Å². The molecule has 31 heavy (non-hydrogen) atoms. The molecule has 2 aromatic carbocycles. The number of nitrogens with one attached hydrogen (secondary N) is 1. The Kier molecular flexibility index (Phi) is 5.90. The molecule has 0 fully saturated rings. The van der Waals surface area contributed by atoms with Gasteiger partial charge >= 0.3 is 0 Å². The fourth-order valence-electron chi connectivity index (χ4n) is 3.85. The number of aromatic nitrogens is 2. The van der Waals surface area contributed by atoms with Crippen LogP contribution in [0.3, 0.4) is 0 Å². The summed E-state index contributed by atoms with van der Waals surface area (Å²) >= 11 is 2.89. The number of hydrogen-bond acceptors (Lipinski definition) is 7. The lowest BCUT2D eigenvalue weighted by Gasteiger charge is -2.23. The molecule has 0 saturated heterocycles. The second kappa shape index (κ2) is 8.48. The van der Waals surface area contributed by atoms with E-state index in [0.29, 0.717) is 5.75 Å². The van der Waals surface area contributed by atoms with E-state index < -0.39 is 0 Å². The molecule has 0 amide bonds. The summed E-state index contributed by atoms with van der Waals surface area (Å²) in [6, 6.07) is 14.5. The Bertz CT molecular complexity index is 1170. The van der Waals surface area contributed by atoms with Crippen molar-refractivity contribution in [1.82, 2.24) is 10.2 Å². The van der Waals surface area contributed by atoms with Gasteiger partial charge in [0.15, 0.2) is 10.1 Å². The zero-order chi connectivity index (χ0) is 22.2. The number of thioether (sulfide) groups is 1. The second-order valence-corrected chi connectivity index (χ2v) is 10.5. The maximum Gasteiger partial charge on any atom is 0.210 e. The van der Waals surface area contributed by atoms with Gasteiger partial charge in [0.1, 0.15) is 0 Å². The highest BCUT2D eigenvalue weighted by molar-refractivity contribution is 8.01. The van der Waals surface area contributed by atoms with Gasteiger partial charge in [-0.3, -0.25) is 4.79 Å². The molecule has 0 saturated carbocycles. The van der Waals surface area contributed by atoms with Crippen molar-refractivity contribution in [2.24, 2.45) is 0 Å². The number of rotatable bonds is 6. The third kappa shape index (κ3) is 4.38. The van der Waals surface area contributed by atoms with Crippen molar-refractivity contribution in [3.63, 3.8) is 0 Å². The van der Waals surface area contributed by atoms with Crippen LogP contribution in [0.15, 0.2) is 58.6 Å². The van der Waals surface area contributed by atoms with Gasteiger partial charge in [0.25, 0.3) is 0 Å². The van der Waals surface area contributed by atoms with Gasteiger partial charge in [-0.05, 0) is 48.7 Å². The molecule has 0 atom stereocenters. The van der Waals surface area contributed by atoms with Crippen molar-refractivity contribution in [3.8, 4) is 0 Å². The summed E-state index contributed by atoms with van der Waals surface area (Å²) in [4.78, 5) is 14.9. The molecular formula is C24H26N4OS2. The number of allylic oxidation sites excluding steroid dienone is 2. The highest BCUT2D eigenvalue weighted by Gasteiger charge is 2.38. The number of ketones is 1. The Morgan fingerprint density at radius 1 is 1.16 bits per heavy atom. The van der Waals surface area contributed by atoms with Crippen LogP contribution >= 0.6 is 23.1 Å². The van der Waals surface area contributed by atoms with Crippen molar-refractivity contribution in [3.05, 3.63) is 70.9 Å². The molecule has 2 heterocycles. The van der Waals surface area contributed by atoms with Crippen molar-refractivity contribution in [2.45, 2.75) is 37.4 Å². The van der Waals surface area contributed by atoms with E-state index in [4.69, 9.17) is 0 Å². The Morgan fingerprint density at radius 2 is 1.94 bits per heavy atom. The summed E-state index contributed by atoms with van der Waals surface area (Å²) in [6.45, 7) is 8.51. The maximum absolute atomic E-state index is 12.7. The number of hydrogen-bond donors (Lipinski definition) is 1. The monoisotopic (exact) mass is 450 g/mol. The SMILES string of the molecule is Cc1ccc(Nc2nnc(SCC(=O)C=C3N(C)c4ccccc4C3(C)C)s2)cc1C. The van der Waals surface area contributed by atoms with Gasteiger partial charge in [-0.15, -0.1) is 10.2 Å². The topological polar surface area (TPSA) is 58.1 Å². The smallest absolute Gasteiger partial charge is 0.210 e. The van der Waals surface area contributed by atoms with E-state index in [9.17, 15) is 4.79 Å². The number of anilines is 3. The number of carbonyl (C=O) groups excluding carboxylic acids is 1. The first-order valence-corrected chi connectivity index (χ1v) is 11.9. The molecule has 1 aliphatic heterocycles. The van der Waals surface area contributed by atoms with E-state index in [2.05, 4.69) is 72.4 Å². The Morgan fingerprint density at radius 3 is 2.68 bits per heavy atom.